The van der Waals surface area contributed by atoms with Crippen molar-refractivity contribution in [2.75, 3.05) is 0 Å². The van der Waals surface area contributed by atoms with Crippen LogP contribution in [0.2, 0.25) is 0 Å². The fourth-order valence-electron chi connectivity index (χ4n) is 2.15. The van der Waals surface area contributed by atoms with Crippen LogP contribution in [-0.2, 0) is 9.47 Å². The molecule has 0 aromatic carbocycles. The molecule has 4 atom stereocenters. The molecule has 1 fully saturated rings. The van der Waals surface area contributed by atoms with Crippen LogP contribution in [0.3, 0.4) is 0 Å². The zero-order valence-corrected chi connectivity index (χ0v) is 7.49. The van der Waals surface area contributed by atoms with Crippen molar-refractivity contribution in [1.29, 1.82) is 0 Å². The van der Waals surface area contributed by atoms with E-state index in [0.29, 0.717) is 5.92 Å². The van der Waals surface area contributed by atoms with Gasteiger partial charge in [-0.15, -0.1) is 0 Å². The third-order valence-corrected chi connectivity index (χ3v) is 3.08. The van der Waals surface area contributed by atoms with Crippen molar-refractivity contribution < 1.29 is 9.47 Å². The molecule has 0 saturated carbocycles. The normalized spacial score (nSPS) is 50.7. The zero-order valence-electron chi connectivity index (χ0n) is 7.49. The molecule has 0 amide bonds. The van der Waals surface area contributed by atoms with Gasteiger partial charge in [-0.2, -0.15) is 0 Å². The molecule has 2 nitrogen and oxygen atoms in total. The minimum Gasteiger partial charge on any atom is -0.496 e. The van der Waals surface area contributed by atoms with E-state index < -0.39 is 0 Å². The van der Waals surface area contributed by atoms with Crippen molar-refractivity contribution in [3.63, 3.8) is 0 Å². The monoisotopic (exact) mass is 164 g/mol. The maximum absolute atomic E-state index is 5.78. The lowest BCUT2D eigenvalue weighted by molar-refractivity contribution is 0.00635. The zero-order chi connectivity index (χ0) is 8.77. The Bertz CT molecular complexity index is 217. The van der Waals surface area contributed by atoms with Crippen LogP contribution in [-0.4, -0.2) is 25.6 Å². The van der Waals surface area contributed by atoms with Gasteiger partial charge in [-0.05, 0) is 12.5 Å². The van der Waals surface area contributed by atoms with E-state index in [1.165, 1.54) is 0 Å². The van der Waals surface area contributed by atoms with Gasteiger partial charge in [0, 0.05) is 5.92 Å². The number of hydrogen-bond donors (Lipinski definition) is 0. The molecule has 12 heavy (non-hydrogen) atoms. The second-order valence-corrected chi connectivity index (χ2v) is 3.58. The van der Waals surface area contributed by atoms with Crippen LogP contribution in [0.15, 0.2) is 12.3 Å². The van der Waals surface area contributed by atoms with Gasteiger partial charge >= 0.3 is 0 Å². The summed E-state index contributed by atoms with van der Waals surface area (Å²) in [7, 11) is 5.78. The van der Waals surface area contributed by atoms with E-state index in [4.69, 9.17) is 17.3 Å². The first-order chi connectivity index (χ1) is 5.69. The first kappa shape index (κ1) is 8.18. The van der Waals surface area contributed by atoms with E-state index in [0.717, 1.165) is 6.42 Å². The van der Waals surface area contributed by atoms with E-state index in [-0.39, 0.29) is 17.7 Å². The lowest BCUT2D eigenvalue weighted by Gasteiger charge is -2.32. The summed E-state index contributed by atoms with van der Waals surface area (Å²) in [5.41, 5.74) is -0.164. The molecular formula is C9H13BO2. The molecule has 2 aliphatic rings. The number of rotatable bonds is 1. The summed E-state index contributed by atoms with van der Waals surface area (Å²) in [6, 6.07) is -0.269. The summed E-state index contributed by atoms with van der Waals surface area (Å²) in [5, 5.41) is 0. The largest absolute Gasteiger partial charge is 0.496 e. The van der Waals surface area contributed by atoms with E-state index >= 15 is 0 Å². The van der Waals surface area contributed by atoms with Crippen molar-refractivity contribution in [3.8, 4) is 0 Å². The van der Waals surface area contributed by atoms with Gasteiger partial charge in [0.05, 0.1) is 17.9 Å². The van der Waals surface area contributed by atoms with E-state index in [9.17, 15) is 0 Å². The van der Waals surface area contributed by atoms with Crippen LogP contribution >= 0.6 is 0 Å². The Balaban J connectivity index is 2.33. The van der Waals surface area contributed by atoms with Crippen LogP contribution in [0.25, 0.3) is 0 Å². The average Bonchev–Trinajstić information content (AvgIpc) is 2.23. The lowest BCUT2D eigenvalue weighted by Crippen LogP contribution is -2.37. The topological polar surface area (TPSA) is 18.5 Å². The fourth-order valence-corrected chi connectivity index (χ4v) is 2.15. The molecule has 0 aliphatic carbocycles. The first-order valence-corrected chi connectivity index (χ1v) is 4.46. The first-order valence-electron chi connectivity index (χ1n) is 4.46. The molecule has 2 heterocycles. The smallest absolute Gasteiger partial charge is 0.121 e. The van der Waals surface area contributed by atoms with E-state index in [2.05, 4.69) is 13.8 Å². The second-order valence-electron chi connectivity index (χ2n) is 3.58. The van der Waals surface area contributed by atoms with Crippen molar-refractivity contribution in [2.45, 2.75) is 38.0 Å². The second kappa shape index (κ2) is 2.53. The summed E-state index contributed by atoms with van der Waals surface area (Å²) in [6.45, 7) is 4.24. The average molecular weight is 164 g/mol. The predicted octanol–water partition coefficient (Wildman–Crippen LogP) is 1.21. The van der Waals surface area contributed by atoms with Crippen molar-refractivity contribution in [1.82, 2.24) is 0 Å². The van der Waals surface area contributed by atoms with Crippen LogP contribution in [0.5, 0.6) is 0 Å². The van der Waals surface area contributed by atoms with Gasteiger partial charge in [-0.1, -0.05) is 13.8 Å². The van der Waals surface area contributed by atoms with Gasteiger partial charge in [-0.3, -0.25) is 0 Å². The lowest BCUT2D eigenvalue weighted by atomic mass is 9.80. The minimum atomic E-state index is -0.269. The Labute approximate surface area is 74.3 Å². The van der Waals surface area contributed by atoms with E-state index in [1.54, 1.807) is 6.26 Å². The maximum Gasteiger partial charge on any atom is 0.121 e. The number of hydrogen-bond acceptors (Lipinski definition) is 2. The number of ether oxygens (including phenoxy) is 2. The van der Waals surface area contributed by atoms with Gasteiger partial charge in [-0.25, -0.2) is 0 Å². The predicted molar refractivity (Wildman–Crippen MR) is 46.8 cm³/mol. The third kappa shape index (κ3) is 0.860. The Morgan fingerprint density at radius 1 is 1.58 bits per heavy atom. The summed E-state index contributed by atoms with van der Waals surface area (Å²) < 4.78 is 11.1. The molecule has 2 bridgehead atoms. The van der Waals surface area contributed by atoms with Crippen LogP contribution in [0.1, 0.15) is 20.3 Å². The third-order valence-electron chi connectivity index (χ3n) is 3.08. The Hall–Kier alpha value is -0.435. The highest BCUT2D eigenvalue weighted by molar-refractivity contribution is 6.11. The molecule has 3 heteroatoms. The van der Waals surface area contributed by atoms with Crippen LogP contribution < -0.4 is 0 Å². The maximum atomic E-state index is 5.78. The molecule has 2 aliphatic heterocycles. The molecule has 1 saturated heterocycles. The highest BCUT2D eigenvalue weighted by atomic mass is 16.6. The standard InChI is InChI=1S/C9H13BO2/c1-3-9-4-5-11-7(6(9)2)8(10)12-9/h4-8H,3H2,1-2H3/t6?,7-,8+,9-/m0/s1. The minimum absolute atomic E-state index is 0.0370. The quantitative estimate of drug-likeness (QED) is 0.542. The molecular weight excluding hydrogens is 151 g/mol. The van der Waals surface area contributed by atoms with Gasteiger partial charge < -0.3 is 9.47 Å². The molecule has 0 N–H and O–H groups in total. The van der Waals surface area contributed by atoms with Crippen molar-refractivity contribution in [2.24, 2.45) is 5.92 Å². The summed E-state index contributed by atoms with van der Waals surface area (Å²) in [5.74, 6) is 0.363. The van der Waals surface area contributed by atoms with E-state index in [1.807, 2.05) is 6.08 Å². The Kier molecular flexibility index (Phi) is 1.72. The van der Waals surface area contributed by atoms with Gasteiger partial charge in [0.2, 0.25) is 0 Å². The summed E-state index contributed by atoms with van der Waals surface area (Å²) >= 11 is 0. The Morgan fingerprint density at radius 3 is 2.92 bits per heavy atom. The molecule has 2 rings (SSSR count). The SMILES string of the molecule is [B][C@@H]1O[C@@]2(CC)C=CO[C@H]1C2C. The summed E-state index contributed by atoms with van der Waals surface area (Å²) in [6.07, 6.45) is 4.70. The highest BCUT2D eigenvalue weighted by Crippen LogP contribution is 2.43. The van der Waals surface area contributed by atoms with Crippen molar-refractivity contribution in [3.05, 3.63) is 12.3 Å². The highest BCUT2D eigenvalue weighted by Gasteiger charge is 2.51. The molecule has 2 radical (unpaired) electrons. The molecule has 0 aromatic heterocycles. The molecule has 0 spiro atoms. The van der Waals surface area contributed by atoms with Crippen molar-refractivity contribution >= 4 is 7.85 Å². The fraction of sp³-hybridized carbons (Fsp3) is 0.778. The summed E-state index contributed by atoms with van der Waals surface area (Å²) in [4.78, 5) is 0. The van der Waals surface area contributed by atoms with Gasteiger partial charge in [0.25, 0.3) is 0 Å². The molecule has 64 valence electrons. The molecule has 0 aromatic rings. The number of fused-ring (bicyclic) bond motifs is 2. The van der Waals surface area contributed by atoms with Crippen LogP contribution in [0, 0.1) is 5.92 Å². The Morgan fingerprint density at radius 2 is 2.33 bits per heavy atom. The van der Waals surface area contributed by atoms with Gasteiger partial charge in [0.1, 0.15) is 14.0 Å². The van der Waals surface area contributed by atoms with Gasteiger partial charge in [0.15, 0.2) is 0 Å². The van der Waals surface area contributed by atoms with Crippen LogP contribution in [0.4, 0.5) is 0 Å². The molecule has 1 unspecified atom stereocenters.